The van der Waals surface area contributed by atoms with E-state index in [4.69, 9.17) is 18.0 Å². The maximum absolute atomic E-state index is 10.8. The molecule has 4 N–H and O–H groups in total. The summed E-state index contributed by atoms with van der Waals surface area (Å²) in [4.78, 5) is 10.3. The summed E-state index contributed by atoms with van der Waals surface area (Å²) in [6.07, 6.45) is 0. The van der Waals surface area contributed by atoms with Gasteiger partial charge in [0.1, 0.15) is 5.69 Å². The lowest BCUT2D eigenvalue weighted by molar-refractivity contribution is -0.383. The number of hydrogen-bond acceptors (Lipinski definition) is 4. The fourth-order valence-electron chi connectivity index (χ4n) is 1.59. The number of nitrogens with one attached hydrogen (secondary N) is 2. The normalized spacial score (nSPS) is 9.80. The number of nitro groups is 1. The van der Waals surface area contributed by atoms with Gasteiger partial charge in [-0.25, -0.2) is 0 Å². The van der Waals surface area contributed by atoms with E-state index < -0.39 is 4.92 Å². The maximum Gasteiger partial charge on any atom is 0.294 e. The Hall–Kier alpha value is -2.67. The Morgan fingerprint density at radius 1 is 1.10 bits per heavy atom. The van der Waals surface area contributed by atoms with Crippen LogP contribution in [0.15, 0.2) is 48.5 Å². The molecule has 0 heterocycles. The summed E-state index contributed by atoms with van der Waals surface area (Å²) in [5.41, 5.74) is 6.81. The minimum absolute atomic E-state index is 0.113. The van der Waals surface area contributed by atoms with Crippen LogP contribution in [0.25, 0.3) is 0 Å². The fraction of sp³-hybridized carbons (Fsp3) is 0. The van der Waals surface area contributed by atoms with E-state index in [1.165, 1.54) is 12.1 Å². The van der Waals surface area contributed by atoms with E-state index in [2.05, 4.69) is 10.6 Å². The molecular weight excluding hydrogens is 276 g/mol. The first kappa shape index (κ1) is 13.8. The molecular formula is C13H12N4O2S. The van der Waals surface area contributed by atoms with E-state index in [1.807, 2.05) is 30.3 Å². The highest BCUT2D eigenvalue weighted by atomic mass is 32.1. The van der Waals surface area contributed by atoms with Gasteiger partial charge >= 0.3 is 0 Å². The van der Waals surface area contributed by atoms with Gasteiger partial charge < -0.3 is 16.4 Å². The van der Waals surface area contributed by atoms with E-state index in [0.717, 1.165) is 5.69 Å². The van der Waals surface area contributed by atoms with E-state index in [0.29, 0.717) is 10.8 Å². The lowest BCUT2D eigenvalue weighted by atomic mass is 10.2. The van der Waals surface area contributed by atoms with Crippen molar-refractivity contribution in [3.05, 3.63) is 58.6 Å². The van der Waals surface area contributed by atoms with Gasteiger partial charge in [-0.1, -0.05) is 18.2 Å². The smallest absolute Gasteiger partial charge is 0.294 e. The molecule has 2 aromatic carbocycles. The second kappa shape index (κ2) is 5.98. The first-order valence-electron chi connectivity index (χ1n) is 5.73. The van der Waals surface area contributed by atoms with Crippen molar-refractivity contribution in [2.45, 2.75) is 0 Å². The molecule has 0 spiro atoms. The summed E-state index contributed by atoms with van der Waals surface area (Å²) in [6, 6.07) is 13.8. The summed E-state index contributed by atoms with van der Waals surface area (Å²) in [5, 5.41) is 17.0. The summed E-state index contributed by atoms with van der Waals surface area (Å²) >= 11 is 5.14. The van der Waals surface area contributed by atoms with Crippen molar-refractivity contribution in [3.8, 4) is 0 Å². The first-order valence-corrected chi connectivity index (χ1v) is 6.14. The molecule has 0 saturated carbocycles. The molecule has 2 rings (SSSR count). The van der Waals surface area contributed by atoms with Crippen molar-refractivity contribution >= 4 is 40.1 Å². The zero-order valence-electron chi connectivity index (χ0n) is 10.4. The first-order chi connectivity index (χ1) is 9.56. The van der Waals surface area contributed by atoms with Gasteiger partial charge in [0.05, 0.1) is 4.92 Å². The molecule has 0 atom stereocenters. The molecule has 0 unspecified atom stereocenters. The van der Waals surface area contributed by atoms with Gasteiger partial charge in [0.15, 0.2) is 5.11 Å². The molecule has 0 radical (unpaired) electrons. The largest absolute Gasteiger partial charge is 0.393 e. The fourth-order valence-corrected chi connectivity index (χ4v) is 1.83. The molecule has 0 aromatic heterocycles. The summed E-state index contributed by atoms with van der Waals surface area (Å²) < 4.78 is 0. The van der Waals surface area contributed by atoms with Crippen LogP contribution in [0.2, 0.25) is 0 Å². The average Bonchev–Trinajstić information content (AvgIpc) is 2.41. The number of benzene rings is 2. The highest BCUT2D eigenvalue weighted by Crippen LogP contribution is 2.25. The SMILES string of the molecule is Nc1ccc(NC(=S)Nc2ccccc2)cc1[N+](=O)[O-]. The monoisotopic (exact) mass is 288 g/mol. The molecule has 0 bridgehead atoms. The van der Waals surface area contributed by atoms with Crippen molar-refractivity contribution in [2.75, 3.05) is 16.4 Å². The van der Waals surface area contributed by atoms with Gasteiger partial charge in [-0.15, -0.1) is 0 Å². The zero-order valence-corrected chi connectivity index (χ0v) is 11.2. The van der Waals surface area contributed by atoms with Crippen LogP contribution in [0.1, 0.15) is 0 Å². The molecule has 0 amide bonds. The predicted molar refractivity (Wildman–Crippen MR) is 83.8 cm³/mol. The molecule has 102 valence electrons. The lowest BCUT2D eigenvalue weighted by Gasteiger charge is -2.10. The Balaban J connectivity index is 2.08. The molecule has 0 aliphatic heterocycles. The van der Waals surface area contributed by atoms with Crippen LogP contribution in [-0.2, 0) is 0 Å². The third-order valence-electron chi connectivity index (χ3n) is 2.52. The van der Waals surface area contributed by atoms with Crippen molar-refractivity contribution in [2.24, 2.45) is 0 Å². The van der Waals surface area contributed by atoms with Gasteiger partial charge in [0, 0.05) is 17.4 Å². The molecule has 0 saturated heterocycles. The van der Waals surface area contributed by atoms with Gasteiger partial charge in [-0.05, 0) is 36.5 Å². The van der Waals surface area contributed by atoms with Gasteiger partial charge in [-0.3, -0.25) is 10.1 Å². The van der Waals surface area contributed by atoms with Crippen LogP contribution in [0.5, 0.6) is 0 Å². The third-order valence-corrected chi connectivity index (χ3v) is 2.72. The van der Waals surface area contributed by atoms with Crippen molar-refractivity contribution < 1.29 is 4.92 Å². The summed E-state index contributed by atoms with van der Waals surface area (Å²) in [7, 11) is 0. The minimum Gasteiger partial charge on any atom is -0.393 e. The number of para-hydroxylation sites is 1. The van der Waals surface area contributed by atoms with Crippen LogP contribution >= 0.6 is 12.2 Å². The van der Waals surface area contributed by atoms with E-state index in [1.54, 1.807) is 6.07 Å². The Labute approximate surface area is 120 Å². The average molecular weight is 288 g/mol. The second-order valence-corrected chi connectivity index (χ2v) is 4.38. The predicted octanol–water partition coefficient (Wildman–Crippen LogP) is 2.99. The number of nitro benzene ring substituents is 1. The zero-order chi connectivity index (χ0) is 14.5. The van der Waals surface area contributed by atoms with Gasteiger partial charge in [-0.2, -0.15) is 0 Å². The number of nitrogen functional groups attached to an aromatic ring is 1. The van der Waals surface area contributed by atoms with Crippen molar-refractivity contribution in [1.82, 2.24) is 0 Å². The Morgan fingerprint density at radius 3 is 2.40 bits per heavy atom. The standard InChI is InChI=1S/C13H12N4O2S/c14-11-7-6-10(8-12(11)17(18)19)16-13(20)15-9-4-2-1-3-5-9/h1-8H,14H2,(H2,15,16,20). The maximum atomic E-state index is 10.8. The molecule has 2 aromatic rings. The number of hydrogen-bond donors (Lipinski definition) is 3. The summed E-state index contributed by atoms with van der Waals surface area (Å²) in [6.45, 7) is 0. The van der Waals surface area contributed by atoms with Crippen LogP contribution in [-0.4, -0.2) is 10.0 Å². The number of rotatable bonds is 3. The lowest BCUT2D eigenvalue weighted by Crippen LogP contribution is -2.19. The molecule has 20 heavy (non-hydrogen) atoms. The second-order valence-electron chi connectivity index (χ2n) is 3.98. The van der Waals surface area contributed by atoms with Crippen molar-refractivity contribution in [3.63, 3.8) is 0 Å². The minimum atomic E-state index is -0.534. The Kier molecular flexibility index (Phi) is 4.11. The molecule has 0 aliphatic carbocycles. The number of nitrogens with zero attached hydrogens (tertiary/aromatic N) is 1. The number of thiocarbonyl (C=S) groups is 1. The molecule has 7 heteroatoms. The molecule has 6 nitrogen and oxygen atoms in total. The van der Waals surface area contributed by atoms with E-state index in [-0.39, 0.29) is 11.4 Å². The number of anilines is 3. The van der Waals surface area contributed by atoms with Crippen LogP contribution in [0.3, 0.4) is 0 Å². The quantitative estimate of drug-likeness (QED) is 0.348. The number of nitrogens with two attached hydrogens (primary N) is 1. The summed E-state index contributed by atoms with van der Waals surface area (Å²) in [5.74, 6) is 0. The van der Waals surface area contributed by atoms with E-state index >= 15 is 0 Å². The van der Waals surface area contributed by atoms with Crippen LogP contribution in [0.4, 0.5) is 22.7 Å². The third kappa shape index (κ3) is 3.42. The highest BCUT2D eigenvalue weighted by Gasteiger charge is 2.12. The van der Waals surface area contributed by atoms with Gasteiger partial charge in [0.2, 0.25) is 0 Å². The Morgan fingerprint density at radius 2 is 1.75 bits per heavy atom. The van der Waals surface area contributed by atoms with Gasteiger partial charge in [0.25, 0.3) is 5.69 Å². The highest BCUT2D eigenvalue weighted by molar-refractivity contribution is 7.80. The van der Waals surface area contributed by atoms with Crippen LogP contribution in [0, 0.1) is 10.1 Å². The van der Waals surface area contributed by atoms with Crippen molar-refractivity contribution in [1.29, 1.82) is 0 Å². The topological polar surface area (TPSA) is 93.2 Å². The Bertz CT molecular complexity index is 646. The molecule has 0 fully saturated rings. The molecule has 0 aliphatic rings. The van der Waals surface area contributed by atoms with Crippen LogP contribution < -0.4 is 16.4 Å². The van der Waals surface area contributed by atoms with E-state index in [9.17, 15) is 10.1 Å².